The van der Waals surface area contributed by atoms with Gasteiger partial charge in [0.15, 0.2) is 5.71 Å². The third-order valence-corrected chi connectivity index (χ3v) is 3.17. The van der Waals surface area contributed by atoms with Crippen molar-refractivity contribution in [1.82, 2.24) is 0 Å². The van der Waals surface area contributed by atoms with Gasteiger partial charge >= 0.3 is 12.1 Å². The van der Waals surface area contributed by atoms with Crippen LogP contribution in [0.5, 0.6) is 0 Å². The number of carbonyl (C=O) groups is 2. The molecule has 0 aromatic heterocycles. The predicted molar refractivity (Wildman–Crippen MR) is 68.3 cm³/mol. The van der Waals surface area contributed by atoms with Gasteiger partial charge in [0.2, 0.25) is 5.60 Å². The van der Waals surface area contributed by atoms with Crippen molar-refractivity contribution in [1.29, 1.82) is 5.41 Å². The van der Waals surface area contributed by atoms with Crippen LogP contribution in [0, 0.1) is 5.41 Å². The van der Waals surface area contributed by atoms with Gasteiger partial charge in [-0.1, -0.05) is 12.1 Å². The van der Waals surface area contributed by atoms with E-state index >= 15 is 0 Å². The molecule has 1 atom stereocenters. The summed E-state index contributed by atoms with van der Waals surface area (Å²) in [4.78, 5) is 23.5. The molecule has 0 radical (unpaired) electrons. The number of benzene rings is 1. The van der Waals surface area contributed by atoms with Gasteiger partial charge in [-0.2, -0.15) is 13.2 Å². The Kier molecular flexibility index (Phi) is 3.69. The van der Waals surface area contributed by atoms with E-state index in [4.69, 9.17) is 5.41 Å². The average Bonchev–Trinajstić information content (AvgIpc) is 2.70. The predicted octanol–water partition coefficient (Wildman–Crippen LogP) is 1.43. The molecule has 1 aliphatic heterocycles. The first-order valence-electron chi connectivity index (χ1n) is 6.14. The lowest BCUT2D eigenvalue weighted by atomic mass is 9.89. The molecule has 2 rings (SSSR count). The van der Waals surface area contributed by atoms with Gasteiger partial charge in [-0.15, -0.1) is 0 Å². The summed E-state index contributed by atoms with van der Waals surface area (Å²) >= 11 is 0. The Morgan fingerprint density at radius 3 is 2.64 bits per heavy atom. The molecule has 3 N–H and O–H groups in total. The first-order valence-corrected chi connectivity index (χ1v) is 6.14. The van der Waals surface area contributed by atoms with Crippen molar-refractivity contribution in [2.75, 3.05) is 11.9 Å². The number of halogens is 3. The molecule has 22 heavy (non-hydrogen) atoms. The van der Waals surface area contributed by atoms with Gasteiger partial charge in [0.05, 0.1) is 17.9 Å². The Balaban J connectivity index is 2.58. The van der Waals surface area contributed by atoms with Gasteiger partial charge in [0.25, 0.3) is 5.91 Å². The van der Waals surface area contributed by atoms with Crippen LogP contribution in [0.2, 0.25) is 0 Å². The molecular weight excluding hydrogens is 305 g/mol. The third-order valence-electron chi connectivity index (χ3n) is 3.17. The number of hydrogen-bond donors (Lipinski definition) is 3. The highest BCUT2D eigenvalue weighted by molar-refractivity contribution is 6.45. The molecule has 118 valence electrons. The summed E-state index contributed by atoms with van der Waals surface area (Å²) in [5, 5.41) is 19.9. The third kappa shape index (κ3) is 2.23. The molecule has 1 aliphatic rings. The zero-order valence-electron chi connectivity index (χ0n) is 11.2. The van der Waals surface area contributed by atoms with Crippen LogP contribution >= 0.6 is 0 Å². The monoisotopic (exact) mass is 316 g/mol. The normalized spacial score (nSPS) is 20.3. The van der Waals surface area contributed by atoms with Crippen LogP contribution in [0.3, 0.4) is 0 Å². The van der Waals surface area contributed by atoms with E-state index in [1.807, 2.05) is 5.32 Å². The number of nitrogens with one attached hydrogen (secondary N) is 2. The minimum Gasteiger partial charge on any atom is -0.461 e. The molecule has 0 aliphatic carbocycles. The molecule has 6 nitrogen and oxygen atoms in total. The molecule has 0 saturated heterocycles. The fourth-order valence-corrected chi connectivity index (χ4v) is 2.15. The Bertz CT molecular complexity index is 672. The largest absolute Gasteiger partial charge is 0.461 e. The summed E-state index contributed by atoms with van der Waals surface area (Å²) in [7, 11) is 0. The second kappa shape index (κ2) is 5.09. The fourth-order valence-electron chi connectivity index (χ4n) is 2.15. The summed E-state index contributed by atoms with van der Waals surface area (Å²) in [5.74, 6) is -2.59. The van der Waals surface area contributed by atoms with Crippen LogP contribution < -0.4 is 5.32 Å². The molecule has 0 spiro atoms. The summed E-state index contributed by atoms with van der Waals surface area (Å²) < 4.78 is 43.3. The molecule has 1 amide bonds. The van der Waals surface area contributed by atoms with Gasteiger partial charge in [-0.25, -0.2) is 4.79 Å². The Labute approximate surface area is 122 Å². The maximum absolute atomic E-state index is 12.9. The highest BCUT2D eigenvalue weighted by Crippen LogP contribution is 2.44. The van der Waals surface area contributed by atoms with Crippen LogP contribution in [0.15, 0.2) is 18.2 Å². The van der Waals surface area contributed by atoms with E-state index in [1.165, 1.54) is 6.92 Å². The van der Waals surface area contributed by atoms with Gasteiger partial charge in [-0.3, -0.25) is 10.2 Å². The number of para-hydroxylation sites is 1. The molecule has 0 bridgehead atoms. The first kappa shape index (κ1) is 16.0. The van der Waals surface area contributed by atoms with E-state index in [-0.39, 0.29) is 6.61 Å². The second-order valence-electron chi connectivity index (χ2n) is 4.49. The molecular formula is C13H11F3N2O4. The number of fused-ring (bicyclic) bond motifs is 1. The van der Waals surface area contributed by atoms with Crippen molar-refractivity contribution < 1.29 is 32.6 Å². The number of carbonyl (C=O) groups excluding carboxylic acids is 2. The summed E-state index contributed by atoms with van der Waals surface area (Å²) in [5.41, 5.74) is -6.32. The number of anilines is 1. The zero-order chi connectivity index (χ0) is 16.7. The van der Waals surface area contributed by atoms with Crippen molar-refractivity contribution in [3.63, 3.8) is 0 Å². The lowest BCUT2D eigenvalue weighted by Crippen LogP contribution is -2.46. The standard InChI is InChI=1S/C13H11F3N2O4/c1-2-22-10(19)9(17)12(21)6-4-3-5-7(13(14,15)16)8(6)18-11(12)20/h3-5,17,21H,2H2,1H3,(H,18,20). The van der Waals surface area contributed by atoms with E-state index in [0.29, 0.717) is 0 Å². The number of hydrogen-bond acceptors (Lipinski definition) is 5. The van der Waals surface area contributed by atoms with Gasteiger partial charge in [-0.05, 0) is 13.0 Å². The summed E-state index contributed by atoms with van der Waals surface area (Å²) in [6.45, 7) is 1.33. The van der Waals surface area contributed by atoms with E-state index in [0.717, 1.165) is 18.2 Å². The van der Waals surface area contributed by atoms with E-state index < -0.39 is 46.2 Å². The van der Waals surface area contributed by atoms with Crippen LogP contribution in [0.4, 0.5) is 18.9 Å². The van der Waals surface area contributed by atoms with E-state index in [9.17, 15) is 27.9 Å². The molecule has 1 aromatic rings. The zero-order valence-corrected chi connectivity index (χ0v) is 11.2. The quantitative estimate of drug-likeness (QED) is 0.580. The van der Waals surface area contributed by atoms with Gasteiger partial charge in [0.1, 0.15) is 0 Å². The molecule has 0 fully saturated rings. The van der Waals surface area contributed by atoms with E-state index in [2.05, 4.69) is 4.74 Å². The Hall–Kier alpha value is -2.42. The Morgan fingerprint density at radius 2 is 2.09 bits per heavy atom. The van der Waals surface area contributed by atoms with E-state index in [1.54, 1.807) is 0 Å². The highest BCUT2D eigenvalue weighted by Gasteiger charge is 2.54. The number of aliphatic hydroxyl groups is 1. The number of esters is 1. The smallest absolute Gasteiger partial charge is 0.418 e. The molecule has 0 saturated carbocycles. The summed E-state index contributed by atoms with van der Waals surface area (Å²) in [6, 6.07) is 2.74. The maximum Gasteiger partial charge on any atom is 0.418 e. The van der Waals surface area contributed by atoms with Crippen LogP contribution in [0.25, 0.3) is 0 Å². The van der Waals surface area contributed by atoms with Gasteiger partial charge < -0.3 is 15.2 Å². The Morgan fingerprint density at radius 1 is 1.45 bits per heavy atom. The lowest BCUT2D eigenvalue weighted by molar-refractivity contribution is -0.139. The van der Waals surface area contributed by atoms with Crippen LogP contribution in [0.1, 0.15) is 18.1 Å². The highest BCUT2D eigenvalue weighted by atomic mass is 19.4. The van der Waals surface area contributed by atoms with Crippen molar-refractivity contribution >= 4 is 23.3 Å². The number of alkyl halides is 3. The average molecular weight is 316 g/mol. The fraction of sp³-hybridized carbons (Fsp3) is 0.308. The second-order valence-corrected chi connectivity index (χ2v) is 4.49. The summed E-state index contributed by atoms with van der Waals surface area (Å²) in [6.07, 6.45) is -4.77. The topological polar surface area (TPSA) is 99.5 Å². The van der Waals surface area contributed by atoms with Gasteiger partial charge in [0, 0.05) is 5.56 Å². The number of amides is 1. The van der Waals surface area contributed by atoms with Crippen molar-refractivity contribution in [3.05, 3.63) is 29.3 Å². The van der Waals surface area contributed by atoms with Crippen molar-refractivity contribution in [2.45, 2.75) is 18.7 Å². The molecule has 1 aromatic carbocycles. The number of ether oxygens (including phenoxy) is 1. The SMILES string of the molecule is CCOC(=O)C(=N)C1(O)C(=O)Nc2c(C(F)(F)F)cccc21. The van der Waals surface area contributed by atoms with Crippen LogP contribution in [-0.4, -0.2) is 29.3 Å². The van der Waals surface area contributed by atoms with Crippen molar-refractivity contribution in [2.24, 2.45) is 0 Å². The van der Waals surface area contributed by atoms with Crippen LogP contribution in [-0.2, 0) is 26.1 Å². The minimum atomic E-state index is -4.77. The molecule has 1 heterocycles. The number of rotatable bonds is 3. The minimum absolute atomic E-state index is 0.117. The first-order chi connectivity index (χ1) is 10.1. The maximum atomic E-state index is 12.9. The molecule has 9 heteroatoms. The molecule has 1 unspecified atom stereocenters. The lowest BCUT2D eigenvalue weighted by Gasteiger charge is -2.20. The van der Waals surface area contributed by atoms with Crippen molar-refractivity contribution in [3.8, 4) is 0 Å².